The number of hydrogen-bond acceptors (Lipinski definition) is 2. The maximum atomic E-state index is 10.6. The average Bonchev–Trinajstić information content (AvgIpc) is 2.44. The maximum absolute atomic E-state index is 10.6. The van der Waals surface area contributed by atoms with Crippen LogP contribution in [-0.2, 0) is 4.79 Å². The number of hydrogen-bond donors (Lipinski definition) is 2. The molecule has 2 N–H and O–H groups in total. The Morgan fingerprint density at radius 1 is 1.45 bits per heavy atom. The van der Waals surface area contributed by atoms with Gasteiger partial charge in [0.05, 0.1) is 5.92 Å². The summed E-state index contributed by atoms with van der Waals surface area (Å²) < 4.78 is 0. The van der Waals surface area contributed by atoms with Crippen LogP contribution in [0.3, 0.4) is 0 Å². The van der Waals surface area contributed by atoms with Crippen molar-refractivity contribution >= 4 is 18.4 Å². The summed E-state index contributed by atoms with van der Waals surface area (Å²) in [6.45, 7) is 0.918. The summed E-state index contributed by atoms with van der Waals surface area (Å²) in [7, 11) is 0. The first-order valence-electron chi connectivity index (χ1n) is 3.73. The second kappa shape index (κ2) is 2.99. The SMILES string of the molecule is Cl.O=C(O)[C@@H]1C[C@@H]2C[C@H]1CN2. The molecule has 0 amide bonds. The van der Waals surface area contributed by atoms with E-state index in [1.165, 1.54) is 0 Å². The van der Waals surface area contributed by atoms with Crippen molar-refractivity contribution in [3.63, 3.8) is 0 Å². The maximum Gasteiger partial charge on any atom is 0.306 e. The lowest BCUT2D eigenvalue weighted by molar-refractivity contribution is -0.143. The fourth-order valence-corrected chi connectivity index (χ4v) is 2.14. The van der Waals surface area contributed by atoms with Gasteiger partial charge in [0.15, 0.2) is 0 Å². The van der Waals surface area contributed by atoms with Gasteiger partial charge in [-0.25, -0.2) is 0 Å². The smallest absolute Gasteiger partial charge is 0.306 e. The van der Waals surface area contributed by atoms with Gasteiger partial charge in [0.1, 0.15) is 0 Å². The highest BCUT2D eigenvalue weighted by Gasteiger charge is 2.42. The zero-order chi connectivity index (χ0) is 7.14. The third-order valence-electron chi connectivity index (χ3n) is 2.68. The Morgan fingerprint density at radius 2 is 2.18 bits per heavy atom. The van der Waals surface area contributed by atoms with Crippen LogP contribution in [0.1, 0.15) is 12.8 Å². The molecule has 1 aliphatic carbocycles. The average molecular weight is 178 g/mol. The van der Waals surface area contributed by atoms with Crippen LogP contribution in [0.5, 0.6) is 0 Å². The van der Waals surface area contributed by atoms with E-state index in [4.69, 9.17) is 5.11 Å². The predicted molar refractivity (Wildman–Crippen MR) is 42.9 cm³/mol. The van der Waals surface area contributed by atoms with E-state index in [9.17, 15) is 4.79 Å². The van der Waals surface area contributed by atoms with Gasteiger partial charge in [-0.15, -0.1) is 12.4 Å². The molecule has 1 saturated carbocycles. The molecule has 2 rings (SSSR count). The Labute approximate surface area is 71.6 Å². The summed E-state index contributed by atoms with van der Waals surface area (Å²) in [5.41, 5.74) is 0. The van der Waals surface area contributed by atoms with E-state index in [0.717, 1.165) is 19.4 Å². The molecule has 1 saturated heterocycles. The van der Waals surface area contributed by atoms with Gasteiger partial charge in [-0.1, -0.05) is 0 Å². The fraction of sp³-hybridized carbons (Fsp3) is 0.857. The summed E-state index contributed by atoms with van der Waals surface area (Å²) in [4.78, 5) is 10.6. The summed E-state index contributed by atoms with van der Waals surface area (Å²) >= 11 is 0. The summed E-state index contributed by atoms with van der Waals surface area (Å²) in [5.74, 6) is -0.234. The van der Waals surface area contributed by atoms with Gasteiger partial charge in [0, 0.05) is 6.04 Å². The van der Waals surface area contributed by atoms with Crippen molar-refractivity contribution in [3.05, 3.63) is 0 Å². The minimum Gasteiger partial charge on any atom is -0.481 e. The molecule has 0 aromatic rings. The van der Waals surface area contributed by atoms with E-state index in [0.29, 0.717) is 12.0 Å². The molecule has 1 aliphatic heterocycles. The van der Waals surface area contributed by atoms with Crippen molar-refractivity contribution in [3.8, 4) is 0 Å². The Hall–Kier alpha value is -0.280. The van der Waals surface area contributed by atoms with Crippen LogP contribution in [0.2, 0.25) is 0 Å². The Balaban J connectivity index is 0.000000605. The van der Waals surface area contributed by atoms with E-state index in [2.05, 4.69) is 5.32 Å². The molecular weight excluding hydrogens is 166 g/mol. The van der Waals surface area contributed by atoms with Crippen LogP contribution < -0.4 is 5.32 Å². The van der Waals surface area contributed by atoms with Gasteiger partial charge in [-0.05, 0) is 25.3 Å². The van der Waals surface area contributed by atoms with E-state index in [1.54, 1.807) is 0 Å². The van der Waals surface area contributed by atoms with Crippen molar-refractivity contribution in [2.24, 2.45) is 11.8 Å². The molecule has 11 heavy (non-hydrogen) atoms. The molecule has 4 heteroatoms. The number of carboxylic acid groups (broad SMARTS) is 1. The van der Waals surface area contributed by atoms with E-state index < -0.39 is 5.97 Å². The van der Waals surface area contributed by atoms with Crippen molar-refractivity contribution in [1.82, 2.24) is 5.32 Å². The van der Waals surface area contributed by atoms with E-state index >= 15 is 0 Å². The molecule has 2 aliphatic rings. The van der Waals surface area contributed by atoms with Crippen molar-refractivity contribution < 1.29 is 9.90 Å². The third-order valence-corrected chi connectivity index (χ3v) is 2.68. The topological polar surface area (TPSA) is 49.3 Å². The highest BCUT2D eigenvalue weighted by Crippen LogP contribution is 2.36. The van der Waals surface area contributed by atoms with Gasteiger partial charge in [0.2, 0.25) is 0 Å². The molecule has 1 heterocycles. The lowest BCUT2D eigenvalue weighted by atomic mass is 9.96. The Morgan fingerprint density at radius 3 is 2.45 bits per heavy atom. The zero-order valence-electron chi connectivity index (χ0n) is 6.12. The number of rotatable bonds is 1. The minimum atomic E-state index is -0.603. The first-order valence-corrected chi connectivity index (χ1v) is 3.73. The number of halogens is 1. The van der Waals surface area contributed by atoms with E-state index in [1.807, 2.05) is 0 Å². The molecule has 2 fully saturated rings. The third kappa shape index (κ3) is 1.35. The van der Waals surface area contributed by atoms with Crippen LogP contribution in [0.4, 0.5) is 0 Å². The van der Waals surface area contributed by atoms with Crippen molar-refractivity contribution in [1.29, 1.82) is 0 Å². The number of piperidine rings is 1. The first kappa shape index (κ1) is 8.81. The lowest BCUT2D eigenvalue weighted by Gasteiger charge is -2.17. The highest BCUT2D eigenvalue weighted by molar-refractivity contribution is 5.85. The lowest BCUT2D eigenvalue weighted by Crippen LogP contribution is -2.33. The van der Waals surface area contributed by atoms with Crippen molar-refractivity contribution in [2.75, 3.05) is 6.54 Å². The molecule has 0 aromatic heterocycles. The van der Waals surface area contributed by atoms with Crippen LogP contribution in [-0.4, -0.2) is 23.7 Å². The zero-order valence-corrected chi connectivity index (χ0v) is 6.93. The highest BCUT2D eigenvalue weighted by atomic mass is 35.5. The quantitative estimate of drug-likeness (QED) is 0.613. The molecule has 2 bridgehead atoms. The number of carboxylic acids is 1. The Kier molecular flexibility index (Phi) is 2.40. The molecule has 0 spiro atoms. The van der Waals surface area contributed by atoms with Crippen LogP contribution >= 0.6 is 12.4 Å². The largest absolute Gasteiger partial charge is 0.481 e. The summed E-state index contributed by atoms with van der Waals surface area (Å²) in [5, 5.41) is 12.0. The van der Waals surface area contributed by atoms with Crippen LogP contribution in [0, 0.1) is 11.8 Å². The number of aliphatic carboxylic acids is 1. The molecule has 0 aromatic carbocycles. The molecule has 64 valence electrons. The monoisotopic (exact) mass is 177 g/mol. The predicted octanol–water partition coefficient (Wildman–Crippen LogP) is 0.491. The van der Waals surface area contributed by atoms with E-state index in [-0.39, 0.29) is 18.3 Å². The standard InChI is InChI=1S/C7H11NO2.ClH/c9-7(10)6-2-5-1-4(6)3-8-5;/h4-6,8H,1-3H2,(H,9,10);1H/t4-,5-,6+;/m0./s1. The molecule has 0 unspecified atom stereocenters. The number of fused-ring (bicyclic) bond motifs is 2. The fourth-order valence-electron chi connectivity index (χ4n) is 2.14. The van der Waals surface area contributed by atoms with Gasteiger partial charge in [-0.2, -0.15) is 0 Å². The van der Waals surface area contributed by atoms with Gasteiger partial charge in [0.25, 0.3) is 0 Å². The second-order valence-electron chi connectivity index (χ2n) is 3.28. The number of carbonyl (C=O) groups is 1. The van der Waals surface area contributed by atoms with Gasteiger partial charge in [-0.3, -0.25) is 4.79 Å². The molecule has 0 radical (unpaired) electrons. The Bertz CT molecular complexity index is 174. The van der Waals surface area contributed by atoms with Gasteiger partial charge >= 0.3 is 5.97 Å². The molecular formula is C7H12ClNO2. The second-order valence-corrected chi connectivity index (χ2v) is 3.28. The van der Waals surface area contributed by atoms with Crippen molar-refractivity contribution in [2.45, 2.75) is 18.9 Å². The molecule has 3 nitrogen and oxygen atoms in total. The normalized spacial score (nSPS) is 40.2. The number of nitrogens with one attached hydrogen (secondary N) is 1. The van der Waals surface area contributed by atoms with Crippen LogP contribution in [0.25, 0.3) is 0 Å². The minimum absolute atomic E-state index is 0. The summed E-state index contributed by atoms with van der Waals surface area (Å²) in [6, 6.07) is 0.506. The van der Waals surface area contributed by atoms with Crippen LogP contribution in [0.15, 0.2) is 0 Å². The summed E-state index contributed by atoms with van der Waals surface area (Å²) in [6.07, 6.45) is 1.93. The molecule has 3 atom stereocenters. The van der Waals surface area contributed by atoms with Gasteiger partial charge < -0.3 is 10.4 Å². The first-order chi connectivity index (χ1) is 4.77.